The second kappa shape index (κ2) is 7.39. The van der Waals surface area contributed by atoms with Crippen molar-refractivity contribution in [2.45, 2.75) is 38.6 Å². The van der Waals surface area contributed by atoms with E-state index in [0.717, 1.165) is 24.2 Å². The maximum atomic E-state index is 11.8. The Hall–Kier alpha value is -1.06. The molecule has 1 unspecified atom stereocenters. The van der Waals surface area contributed by atoms with Gasteiger partial charge in [0.2, 0.25) is 5.91 Å². The second-order valence-corrected chi connectivity index (χ2v) is 4.70. The Morgan fingerprint density at radius 2 is 2.22 bits per heavy atom. The van der Waals surface area contributed by atoms with Gasteiger partial charge in [-0.1, -0.05) is 18.2 Å². The van der Waals surface area contributed by atoms with E-state index in [-0.39, 0.29) is 18.3 Å². The molecule has 0 aromatic heterocycles. The molecule has 1 aliphatic rings. The molecule has 1 heterocycles. The van der Waals surface area contributed by atoms with Gasteiger partial charge in [-0.25, -0.2) is 0 Å². The fourth-order valence-corrected chi connectivity index (χ4v) is 2.23. The summed E-state index contributed by atoms with van der Waals surface area (Å²) in [4.78, 5) is 11.8. The van der Waals surface area contributed by atoms with Gasteiger partial charge in [0.05, 0.1) is 0 Å². The zero-order chi connectivity index (χ0) is 12.1. The van der Waals surface area contributed by atoms with Gasteiger partial charge in [-0.2, -0.15) is 0 Å². The van der Waals surface area contributed by atoms with Gasteiger partial charge in [0, 0.05) is 18.2 Å². The van der Waals surface area contributed by atoms with Crippen molar-refractivity contribution in [3.05, 3.63) is 29.8 Å². The standard InChI is InChI=1S/C14H20N2O.ClH/c1-11-5-2-3-7-13(11)16-14(17)9-8-12-6-4-10-15-12;/h2-3,5,7,12,15H,4,6,8-10H2,1H3,(H,16,17);1H. The van der Waals surface area contributed by atoms with Crippen LogP contribution in [-0.2, 0) is 4.79 Å². The molecule has 1 aliphatic heterocycles. The van der Waals surface area contributed by atoms with Gasteiger partial charge in [0.25, 0.3) is 0 Å². The van der Waals surface area contributed by atoms with Crippen molar-refractivity contribution in [2.75, 3.05) is 11.9 Å². The molecule has 4 heteroatoms. The molecule has 1 amide bonds. The summed E-state index contributed by atoms with van der Waals surface area (Å²) >= 11 is 0. The molecule has 100 valence electrons. The molecule has 0 radical (unpaired) electrons. The van der Waals surface area contributed by atoms with Crippen LogP contribution in [0.4, 0.5) is 5.69 Å². The lowest BCUT2D eigenvalue weighted by atomic mass is 10.1. The number of anilines is 1. The van der Waals surface area contributed by atoms with Crippen molar-refractivity contribution in [1.29, 1.82) is 0 Å². The Bertz CT molecular complexity index is 389. The van der Waals surface area contributed by atoms with Crippen molar-refractivity contribution in [1.82, 2.24) is 5.32 Å². The van der Waals surface area contributed by atoms with E-state index in [9.17, 15) is 4.79 Å². The zero-order valence-corrected chi connectivity index (χ0v) is 11.6. The fourth-order valence-electron chi connectivity index (χ4n) is 2.23. The van der Waals surface area contributed by atoms with Gasteiger partial charge in [-0.15, -0.1) is 12.4 Å². The molecule has 18 heavy (non-hydrogen) atoms. The summed E-state index contributed by atoms with van der Waals surface area (Å²) in [6.45, 7) is 3.11. The molecule has 2 N–H and O–H groups in total. The number of rotatable bonds is 4. The molecule has 2 rings (SSSR count). The van der Waals surface area contributed by atoms with Crippen LogP contribution in [0, 0.1) is 6.92 Å². The highest BCUT2D eigenvalue weighted by molar-refractivity contribution is 5.91. The van der Waals surface area contributed by atoms with Gasteiger partial charge >= 0.3 is 0 Å². The van der Waals surface area contributed by atoms with Gasteiger partial charge in [0.15, 0.2) is 0 Å². The maximum Gasteiger partial charge on any atom is 0.224 e. The Labute approximate surface area is 115 Å². The Morgan fingerprint density at radius 3 is 2.89 bits per heavy atom. The summed E-state index contributed by atoms with van der Waals surface area (Å²) < 4.78 is 0. The van der Waals surface area contributed by atoms with Crippen LogP contribution in [0.25, 0.3) is 0 Å². The number of halogens is 1. The SMILES string of the molecule is Cc1ccccc1NC(=O)CCC1CCCN1.Cl. The van der Waals surface area contributed by atoms with E-state index >= 15 is 0 Å². The summed E-state index contributed by atoms with van der Waals surface area (Å²) in [7, 11) is 0. The summed E-state index contributed by atoms with van der Waals surface area (Å²) in [6.07, 6.45) is 3.99. The molecule has 1 saturated heterocycles. The number of para-hydroxylation sites is 1. The molecule has 0 spiro atoms. The van der Waals surface area contributed by atoms with E-state index in [0.29, 0.717) is 12.5 Å². The predicted molar refractivity (Wildman–Crippen MR) is 77.3 cm³/mol. The number of carbonyl (C=O) groups excluding carboxylic acids is 1. The van der Waals surface area contributed by atoms with Crippen molar-refractivity contribution in [2.24, 2.45) is 0 Å². The number of hydrogen-bond acceptors (Lipinski definition) is 2. The number of aryl methyl sites for hydroxylation is 1. The molecule has 3 nitrogen and oxygen atoms in total. The highest BCUT2D eigenvalue weighted by Crippen LogP contribution is 2.15. The van der Waals surface area contributed by atoms with Crippen LogP contribution in [-0.4, -0.2) is 18.5 Å². The Kier molecular flexibility index (Phi) is 6.16. The summed E-state index contributed by atoms with van der Waals surface area (Å²) in [5.74, 6) is 0.119. The van der Waals surface area contributed by atoms with Gasteiger partial charge in [-0.05, 0) is 44.4 Å². The normalized spacial score (nSPS) is 18.2. The number of nitrogens with one attached hydrogen (secondary N) is 2. The zero-order valence-electron chi connectivity index (χ0n) is 10.7. The molecule has 1 aromatic carbocycles. The summed E-state index contributed by atoms with van der Waals surface area (Å²) in [5.41, 5.74) is 2.04. The summed E-state index contributed by atoms with van der Waals surface area (Å²) in [6, 6.07) is 8.42. The monoisotopic (exact) mass is 268 g/mol. The lowest BCUT2D eigenvalue weighted by molar-refractivity contribution is -0.116. The van der Waals surface area contributed by atoms with Crippen molar-refractivity contribution < 1.29 is 4.79 Å². The molecule has 0 aliphatic carbocycles. The first kappa shape index (κ1) is 15.0. The number of amides is 1. The van der Waals surface area contributed by atoms with Crippen LogP contribution in [0.1, 0.15) is 31.2 Å². The van der Waals surface area contributed by atoms with Crippen molar-refractivity contribution in [3.63, 3.8) is 0 Å². The molecular formula is C14H21ClN2O. The van der Waals surface area contributed by atoms with E-state index in [1.54, 1.807) is 0 Å². The number of hydrogen-bond donors (Lipinski definition) is 2. The third-order valence-electron chi connectivity index (χ3n) is 3.30. The predicted octanol–water partition coefficient (Wildman–Crippen LogP) is 2.89. The third kappa shape index (κ3) is 4.31. The first-order valence-electron chi connectivity index (χ1n) is 6.34. The minimum atomic E-state index is 0. The quantitative estimate of drug-likeness (QED) is 0.882. The molecule has 0 saturated carbocycles. The van der Waals surface area contributed by atoms with E-state index < -0.39 is 0 Å². The maximum absolute atomic E-state index is 11.8. The first-order chi connectivity index (χ1) is 8.25. The van der Waals surface area contributed by atoms with Gasteiger partial charge in [0.1, 0.15) is 0 Å². The van der Waals surface area contributed by atoms with Crippen LogP contribution in [0.3, 0.4) is 0 Å². The Morgan fingerprint density at radius 1 is 1.44 bits per heavy atom. The van der Waals surface area contributed by atoms with Crippen LogP contribution in [0.15, 0.2) is 24.3 Å². The van der Waals surface area contributed by atoms with E-state index in [4.69, 9.17) is 0 Å². The molecule has 0 bridgehead atoms. The van der Waals surface area contributed by atoms with E-state index in [1.807, 2.05) is 31.2 Å². The highest BCUT2D eigenvalue weighted by Gasteiger charge is 2.15. The minimum absolute atomic E-state index is 0. The van der Waals surface area contributed by atoms with Crippen LogP contribution in [0.5, 0.6) is 0 Å². The average Bonchev–Trinajstić information content (AvgIpc) is 2.82. The number of benzene rings is 1. The largest absolute Gasteiger partial charge is 0.326 e. The van der Waals surface area contributed by atoms with Gasteiger partial charge < -0.3 is 10.6 Å². The number of carbonyl (C=O) groups is 1. The molecule has 1 fully saturated rings. The van der Waals surface area contributed by atoms with Crippen LogP contribution in [0.2, 0.25) is 0 Å². The lowest BCUT2D eigenvalue weighted by Gasteiger charge is -2.11. The Balaban J connectivity index is 0.00000162. The van der Waals surface area contributed by atoms with Crippen molar-refractivity contribution >= 4 is 24.0 Å². The molecular weight excluding hydrogens is 248 g/mol. The highest BCUT2D eigenvalue weighted by atomic mass is 35.5. The average molecular weight is 269 g/mol. The smallest absolute Gasteiger partial charge is 0.224 e. The third-order valence-corrected chi connectivity index (χ3v) is 3.30. The lowest BCUT2D eigenvalue weighted by Crippen LogP contribution is -2.23. The van der Waals surface area contributed by atoms with E-state index in [1.165, 1.54) is 12.8 Å². The van der Waals surface area contributed by atoms with Gasteiger partial charge in [-0.3, -0.25) is 4.79 Å². The summed E-state index contributed by atoms with van der Waals surface area (Å²) in [5, 5.41) is 6.37. The molecule has 1 atom stereocenters. The minimum Gasteiger partial charge on any atom is -0.326 e. The van der Waals surface area contributed by atoms with Crippen LogP contribution >= 0.6 is 12.4 Å². The first-order valence-corrected chi connectivity index (χ1v) is 6.34. The van der Waals surface area contributed by atoms with Crippen LogP contribution < -0.4 is 10.6 Å². The van der Waals surface area contributed by atoms with E-state index in [2.05, 4.69) is 10.6 Å². The fraction of sp³-hybridized carbons (Fsp3) is 0.500. The second-order valence-electron chi connectivity index (χ2n) is 4.70. The topological polar surface area (TPSA) is 41.1 Å². The molecule has 1 aromatic rings. The van der Waals surface area contributed by atoms with Crippen molar-refractivity contribution in [3.8, 4) is 0 Å².